The summed E-state index contributed by atoms with van der Waals surface area (Å²) in [7, 11) is 0. The minimum Gasteiger partial charge on any atom is -0.510 e. The fourth-order valence-corrected chi connectivity index (χ4v) is 2.73. The largest absolute Gasteiger partial charge is 0.510 e. The molecule has 2 aromatic carbocycles. The Labute approximate surface area is 158 Å². The van der Waals surface area contributed by atoms with Gasteiger partial charge in [0.15, 0.2) is 0 Å². The fraction of sp³-hybridized carbons (Fsp3) is 0.238. The van der Waals surface area contributed by atoms with Crippen LogP contribution < -0.4 is 15.8 Å². The number of benzene rings is 2. The van der Waals surface area contributed by atoms with Crippen molar-refractivity contribution in [1.29, 1.82) is 0 Å². The van der Waals surface area contributed by atoms with E-state index in [0.717, 1.165) is 18.9 Å². The van der Waals surface area contributed by atoms with E-state index in [0.29, 0.717) is 17.7 Å². The molecule has 4 N–H and O–H groups in total. The summed E-state index contributed by atoms with van der Waals surface area (Å²) < 4.78 is 31.4. The van der Waals surface area contributed by atoms with Crippen molar-refractivity contribution in [3.8, 4) is 5.75 Å². The molecule has 0 aliphatic heterocycles. The van der Waals surface area contributed by atoms with Crippen LogP contribution in [0, 0.1) is 5.82 Å². The molecule has 6 heteroatoms. The molecule has 2 unspecified atom stereocenters. The lowest BCUT2D eigenvalue weighted by atomic mass is 10.0. The minimum absolute atomic E-state index is 0.0808. The van der Waals surface area contributed by atoms with Gasteiger partial charge in [-0.25, -0.2) is 4.39 Å². The van der Waals surface area contributed by atoms with Crippen molar-refractivity contribution in [2.24, 2.45) is 5.73 Å². The van der Waals surface area contributed by atoms with Crippen LogP contribution in [0.15, 0.2) is 73.1 Å². The maximum Gasteiger partial charge on any atom is 0.294 e. The number of ether oxygens (including phenoxy) is 1. The first-order chi connectivity index (χ1) is 12.8. The summed E-state index contributed by atoms with van der Waals surface area (Å²) in [5.74, 6) is -0.950. The van der Waals surface area contributed by atoms with Crippen LogP contribution in [0.5, 0.6) is 5.75 Å². The predicted molar refractivity (Wildman–Crippen MR) is 102 cm³/mol. The van der Waals surface area contributed by atoms with E-state index in [1.807, 2.05) is 18.2 Å². The van der Waals surface area contributed by atoms with Crippen LogP contribution in [0.2, 0.25) is 0 Å². The molecule has 0 spiro atoms. The van der Waals surface area contributed by atoms with Crippen LogP contribution in [0.1, 0.15) is 30.0 Å². The standard InChI is InChI=1S/C21H24F2N2O2/c1-14(7-6-10-16-8-4-3-5-9-16)25-20(15(2)26)17-11-18(22)13-19(12-17)27-21(23)24/h3-5,8-9,11-13,20-21,25-26H,1-2,6-7,10,24H2. The normalized spacial score (nSPS) is 12.9. The number of allylic oxidation sites excluding steroid dienone is 1. The third-order valence-corrected chi connectivity index (χ3v) is 3.94. The van der Waals surface area contributed by atoms with Gasteiger partial charge in [0, 0.05) is 11.8 Å². The van der Waals surface area contributed by atoms with Gasteiger partial charge in [0.25, 0.3) is 6.48 Å². The lowest BCUT2D eigenvalue weighted by molar-refractivity contribution is 0.0738. The highest BCUT2D eigenvalue weighted by atomic mass is 19.1. The highest BCUT2D eigenvalue weighted by Gasteiger charge is 2.18. The quantitative estimate of drug-likeness (QED) is 0.322. The Bertz CT molecular complexity index is 779. The average Bonchev–Trinajstić information content (AvgIpc) is 2.59. The van der Waals surface area contributed by atoms with E-state index in [1.165, 1.54) is 17.7 Å². The van der Waals surface area contributed by atoms with Gasteiger partial charge in [0.2, 0.25) is 0 Å². The third kappa shape index (κ3) is 6.75. The first kappa shape index (κ1) is 20.5. The molecule has 0 saturated heterocycles. The summed E-state index contributed by atoms with van der Waals surface area (Å²) in [6, 6.07) is 12.8. The molecule has 144 valence electrons. The second kappa shape index (κ2) is 9.73. The van der Waals surface area contributed by atoms with Crippen LogP contribution >= 0.6 is 0 Å². The molecule has 27 heavy (non-hydrogen) atoms. The summed E-state index contributed by atoms with van der Waals surface area (Å²) in [5, 5.41) is 13.0. The number of rotatable bonds is 10. The lowest BCUT2D eigenvalue weighted by Crippen LogP contribution is -2.23. The van der Waals surface area contributed by atoms with E-state index in [1.54, 1.807) is 0 Å². The zero-order valence-corrected chi connectivity index (χ0v) is 15.0. The summed E-state index contributed by atoms with van der Waals surface area (Å²) in [6.07, 6.45) is 2.40. The molecule has 0 saturated carbocycles. The van der Waals surface area contributed by atoms with E-state index in [2.05, 4.69) is 30.6 Å². The zero-order chi connectivity index (χ0) is 19.8. The van der Waals surface area contributed by atoms with Crippen LogP contribution in [-0.2, 0) is 6.42 Å². The molecule has 4 nitrogen and oxygen atoms in total. The number of nitrogens with one attached hydrogen (secondary N) is 1. The topological polar surface area (TPSA) is 67.5 Å². The second-order valence-electron chi connectivity index (χ2n) is 6.20. The highest BCUT2D eigenvalue weighted by molar-refractivity contribution is 5.35. The monoisotopic (exact) mass is 374 g/mol. The number of halogens is 2. The molecule has 0 aromatic heterocycles. The Kier molecular flexibility index (Phi) is 7.37. The van der Waals surface area contributed by atoms with E-state index in [4.69, 9.17) is 10.5 Å². The molecule has 0 amide bonds. The van der Waals surface area contributed by atoms with Gasteiger partial charge in [0.1, 0.15) is 23.4 Å². The van der Waals surface area contributed by atoms with E-state index in [9.17, 15) is 13.9 Å². The van der Waals surface area contributed by atoms with E-state index in [-0.39, 0.29) is 11.5 Å². The lowest BCUT2D eigenvalue weighted by Gasteiger charge is -2.21. The maximum absolute atomic E-state index is 13.8. The van der Waals surface area contributed by atoms with Crippen molar-refractivity contribution >= 4 is 0 Å². The maximum atomic E-state index is 13.8. The highest BCUT2D eigenvalue weighted by Crippen LogP contribution is 2.26. The van der Waals surface area contributed by atoms with Crippen LogP contribution in [0.25, 0.3) is 0 Å². The van der Waals surface area contributed by atoms with Crippen molar-refractivity contribution < 1.29 is 18.6 Å². The Morgan fingerprint density at radius 1 is 1.19 bits per heavy atom. The van der Waals surface area contributed by atoms with Gasteiger partial charge in [-0.15, -0.1) is 0 Å². The van der Waals surface area contributed by atoms with Crippen molar-refractivity contribution in [2.45, 2.75) is 31.8 Å². The third-order valence-electron chi connectivity index (χ3n) is 3.94. The Morgan fingerprint density at radius 2 is 1.89 bits per heavy atom. The van der Waals surface area contributed by atoms with Crippen LogP contribution in [0.3, 0.4) is 0 Å². The number of aliphatic hydroxyl groups is 1. The molecule has 2 atom stereocenters. The Balaban J connectivity index is 2.01. The van der Waals surface area contributed by atoms with Crippen molar-refractivity contribution in [3.63, 3.8) is 0 Å². The van der Waals surface area contributed by atoms with Gasteiger partial charge in [-0.1, -0.05) is 43.5 Å². The number of alkyl halides is 1. The van der Waals surface area contributed by atoms with E-state index < -0.39 is 18.3 Å². The molecular weight excluding hydrogens is 350 g/mol. The molecule has 2 rings (SSSR count). The first-order valence-corrected chi connectivity index (χ1v) is 8.58. The summed E-state index contributed by atoms with van der Waals surface area (Å²) in [4.78, 5) is 0. The van der Waals surface area contributed by atoms with Crippen LogP contribution in [-0.4, -0.2) is 11.6 Å². The molecule has 0 bridgehead atoms. The summed E-state index contributed by atoms with van der Waals surface area (Å²) in [6.45, 7) is 5.41. The van der Waals surface area contributed by atoms with Gasteiger partial charge in [-0.3, -0.25) is 5.73 Å². The summed E-state index contributed by atoms with van der Waals surface area (Å²) >= 11 is 0. The molecule has 2 aromatic rings. The molecule has 0 aliphatic carbocycles. The van der Waals surface area contributed by atoms with Gasteiger partial charge < -0.3 is 15.2 Å². The SMILES string of the molecule is C=C(CCCc1ccccc1)NC(C(=C)O)c1cc(F)cc(OC(N)F)c1. The number of hydrogen-bond acceptors (Lipinski definition) is 4. The number of hydrogen-bond donors (Lipinski definition) is 3. The molecule has 0 heterocycles. The number of aryl methyl sites for hydroxylation is 1. The first-order valence-electron chi connectivity index (χ1n) is 8.58. The predicted octanol–water partition coefficient (Wildman–Crippen LogP) is 4.66. The fourth-order valence-electron chi connectivity index (χ4n) is 2.73. The average molecular weight is 374 g/mol. The van der Waals surface area contributed by atoms with E-state index >= 15 is 0 Å². The van der Waals surface area contributed by atoms with Gasteiger partial charge in [-0.05, 0) is 42.5 Å². The Hall–Kier alpha value is -2.86. The van der Waals surface area contributed by atoms with Crippen molar-refractivity contribution in [2.75, 3.05) is 0 Å². The summed E-state index contributed by atoms with van der Waals surface area (Å²) in [5.41, 5.74) is 7.15. The molecule has 0 radical (unpaired) electrons. The van der Waals surface area contributed by atoms with Gasteiger partial charge in [-0.2, -0.15) is 4.39 Å². The van der Waals surface area contributed by atoms with Gasteiger partial charge >= 0.3 is 0 Å². The number of nitrogens with two attached hydrogens (primary N) is 1. The Morgan fingerprint density at radius 3 is 2.52 bits per heavy atom. The van der Waals surface area contributed by atoms with Crippen LogP contribution in [0.4, 0.5) is 8.78 Å². The molecular formula is C21H24F2N2O2. The van der Waals surface area contributed by atoms with Crippen molar-refractivity contribution in [3.05, 3.63) is 90.1 Å². The van der Waals surface area contributed by atoms with Crippen molar-refractivity contribution in [1.82, 2.24) is 5.32 Å². The molecule has 0 fully saturated rings. The van der Waals surface area contributed by atoms with Gasteiger partial charge in [0.05, 0.1) is 0 Å². The minimum atomic E-state index is -2.07. The smallest absolute Gasteiger partial charge is 0.294 e. The molecule has 0 aliphatic rings. The number of aliphatic hydroxyl groups excluding tert-OH is 1. The zero-order valence-electron chi connectivity index (χ0n) is 15.0. The second-order valence-corrected chi connectivity index (χ2v) is 6.20.